The molecule has 0 radical (unpaired) electrons. The molecular weight excluding hydrogens is 228 g/mol. The molecule has 1 amide bonds. The van der Waals surface area contributed by atoms with E-state index >= 15 is 0 Å². The Morgan fingerprint density at radius 2 is 1.78 bits per heavy atom. The normalized spacial score (nSPS) is 16.8. The number of carbonyl (C=O) groups excluding carboxylic acids is 1. The van der Waals surface area contributed by atoms with Gasteiger partial charge in [-0.3, -0.25) is 4.79 Å². The zero-order valence-corrected chi connectivity index (χ0v) is 10.8. The van der Waals surface area contributed by atoms with E-state index in [0.29, 0.717) is 6.42 Å². The number of rotatable bonds is 3. The van der Waals surface area contributed by atoms with Crippen LogP contribution in [0, 0.1) is 0 Å². The molecule has 0 saturated carbocycles. The molecule has 1 saturated heterocycles. The third kappa shape index (κ3) is 3.23. The standard InChI is InChI=1S/C14H20N2O2/c1-2-15-7-9-16(10-8-15)14(18)11-12-3-5-13(17)6-4-12/h3-6,17H,2,7-11H2,1H3. The Labute approximate surface area is 108 Å². The summed E-state index contributed by atoms with van der Waals surface area (Å²) in [6.45, 7) is 6.79. The second-order valence-electron chi connectivity index (χ2n) is 4.66. The smallest absolute Gasteiger partial charge is 0.227 e. The lowest BCUT2D eigenvalue weighted by Gasteiger charge is -2.34. The van der Waals surface area contributed by atoms with Crippen molar-refractivity contribution >= 4 is 5.91 Å². The molecule has 0 atom stereocenters. The van der Waals surface area contributed by atoms with E-state index in [1.54, 1.807) is 24.3 Å². The van der Waals surface area contributed by atoms with Gasteiger partial charge in [0, 0.05) is 26.2 Å². The quantitative estimate of drug-likeness (QED) is 0.871. The van der Waals surface area contributed by atoms with E-state index in [9.17, 15) is 9.90 Å². The second kappa shape index (κ2) is 5.87. The summed E-state index contributed by atoms with van der Waals surface area (Å²) in [5.74, 6) is 0.416. The summed E-state index contributed by atoms with van der Waals surface area (Å²) in [5.41, 5.74) is 0.954. The molecule has 1 aliphatic rings. The number of phenolic OH excluding ortho intramolecular Hbond substituents is 1. The number of phenols is 1. The molecule has 1 aliphatic heterocycles. The molecule has 0 bridgehead atoms. The van der Waals surface area contributed by atoms with Crippen molar-refractivity contribution < 1.29 is 9.90 Å². The molecule has 0 aliphatic carbocycles. The van der Waals surface area contributed by atoms with Gasteiger partial charge < -0.3 is 14.9 Å². The highest BCUT2D eigenvalue weighted by atomic mass is 16.3. The van der Waals surface area contributed by atoms with Crippen LogP contribution in [0.25, 0.3) is 0 Å². The summed E-state index contributed by atoms with van der Waals surface area (Å²) in [4.78, 5) is 16.4. The number of hydrogen-bond acceptors (Lipinski definition) is 3. The van der Waals surface area contributed by atoms with Crippen molar-refractivity contribution in [2.24, 2.45) is 0 Å². The maximum Gasteiger partial charge on any atom is 0.227 e. The van der Waals surface area contributed by atoms with Gasteiger partial charge in [-0.15, -0.1) is 0 Å². The molecule has 1 N–H and O–H groups in total. The Bertz CT molecular complexity index is 395. The molecule has 2 rings (SSSR count). The highest BCUT2D eigenvalue weighted by Crippen LogP contribution is 2.11. The first-order chi connectivity index (χ1) is 8.69. The van der Waals surface area contributed by atoms with E-state index in [1.807, 2.05) is 4.90 Å². The monoisotopic (exact) mass is 248 g/mol. The Morgan fingerprint density at radius 1 is 1.17 bits per heavy atom. The number of nitrogens with zero attached hydrogens (tertiary/aromatic N) is 2. The summed E-state index contributed by atoms with van der Waals surface area (Å²) < 4.78 is 0. The largest absolute Gasteiger partial charge is 0.508 e. The van der Waals surface area contributed by atoms with Crippen molar-refractivity contribution in [3.63, 3.8) is 0 Å². The van der Waals surface area contributed by atoms with Gasteiger partial charge in [0.05, 0.1) is 6.42 Å². The third-order valence-corrected chi connectivity index (χ3v) is 3.46. The molecule has 0 spiro atoms. The van der Waals surface area contributed by atoms with Gasteiger partial charge in [0.25, 0.3) is 0 Å². The minimum atomic E-state index is 0.177. The van der Waals surface area contributed by atoms with Crippen LogP contribution in [0.3, 0.4) is 0 Å². The lowest BCUT2D eigenvalue weighted by atomic mass is 10.1. The Kier molecular flexibility index (Phi) is 4.20. The van der Waals surface area contributed by atoms with E-state index in [0.717, 1.165) is 38.3 Å². The van der Waals surface area contributed by atoms with Crippen molar-refractivity contribution in [3.05, 3.63) is 29.8 Å². The fourth-order valence-electron chi connectivity index (χ4n) is 2.21. The molecule has 98 valence electrons. The first kappa shape index (κ1) is 12.9. The van der Waals surface area contributed by atoms with Crippen molar-refractivity contribution in [3.8, 4) is 5.75 Å². The molecular formula is C14H20N2O2. The van der Waals surface area contributed by atoms with E-state index in [1.165, 1.54) is 0 Å². The van der Waals surface area contributed by atoms with Crippen LogP contribution in [0.2, 0.25) is 0 Å². The van der Waals surface area contributed by atoms with Gasteiger partial charge in [0.2, 0.25) is 5.91 Å². The van der Waals surface area contributed by atoms with Crippen LogP contribution in [0.1, 0.15) is 12.5 Å². The maximum absolute atomic E-state index is 12.1. The van der Waals surface area contributed by atoms with Crippen LogP contribution >= 0.6 is 0 Å². The molecule has 4 heteroatoms. The number of amides is 1. The van der Waals surface area contributed by atoms with Gasteiger partial charge in [-0.25, -0.2) is 0 Å². The highest BCUT2D eigenvalue weighted by Gasteiger charge is 2.19. The lowest BCUT2D eigenvalue weighted by molar-refractivity contribution is -0.132. The zero-order chi connectivity index (χ0) is 13.0. The average molecular weight is 248 g/mol. The zero-order valence-electron chi connectivity index (χ0n) is 10.8. The average Bonchev–Trinajstić information content (AvgIpc) is 2.41. The van der Waals surface area contributed by atoms with Crippen LogP contribution in [-0.2, 0) is 11.2 Å². The van der Waals surface area contributed by atoms with E-state index in [-0.39, 0.29) is 11.7 Å². The first-order valence-electron chi connectivity index (χ1n) is 6.47. The van der Waals surface area contributed by atoms with Gasteiger partial charge >= 0.3 is 0 Å². The van der Waals surface area contributed by atoms with Gasteiger partial charge in [0.1, 0.15) is 5.75 Å². The molecule has 0 unspecified atom stereocenters. The van der Waals surface area contributed by atoms with Crippen LogP contribution in [0.4, 0.5) is 0 Å². The van der Waals surface area contributed by atoms with Crippen LogP contribution < -0.4 is 0 Å². The molecule has 4 nitrogen and oxygen atoms in total. The predicted molar refractivity (Wildman–Crippen MR) is 70.5 cm³/mol. The van der Waals surface area contributed by atoms with E-state index in [4.69, 9.17) is 0 Å². The van der Waals surface area contributed by atoms with Gasteiger partial charge in [-0.05, 0) is 24.2 Å². The summed E-state index contributed by atoms with van der Waals surface area (Å²) in [6, 6.07) is 6.85. The maximum atomic E-state index is 12.1. The lowest BCUT2D eigenvalue weighted by Crippen LogP contribution is -2.48. The number of benzene rings is 1. The van der Waals surface area contributed by atoms with Crippen molar-refractivity contribution in [2.75, 3.05) is 32.7 Å². The fourth-order valence-corrected chi connectivity index (χ4v) is 2.21. The fraction of sp³-hybridized carbons (Fsp3) is 0.500. The third-order valence-electron chi connectivity index (χ3n) is 3.46. The molecule has 1 aromatic carbocycles. The number of piperazine rings is 1. The summed E-state index contributed by atoms with van der Waals surface area (Å²) in [6.07, 6.45) is 0.423. The summed E-state index contributed by atoms with van der Waals surface area (Å²) in [5, 5.41) is 9.19. The van der Waals surface area contributed by atoms with Gasteiger partial charge in [-0.1, -0.05) is 19.1 Å². The van der Waals surface area contributed by atoms with Gasteiger partial charge in [0.15, 0.2) is 0 Å². The summed E-state index contributed by atoms with van der Waals surface area (Å²) >= 11 is 0. The highest BCUT2D eigenvalue weighted by molar-refractivity contribution is 5.78. The van der Waals surface area contributed by atoms with Crippen molar-refractivity contribution in [1.82, 2.24) is 9.80 Å². The minimum Gasteiger partial charge on any atom is -0.508 e. The minimum absolute atomic E-state index is 0.177. The molecule has 1 heterocycles. The van der Waals surface area contributed by atoms with Crippen LogP contribution in [0.5, 0.6) is 5.75 Å². The van der Waals surface area contributed by atoms with Crippen LogP contribution in [-0.4, -0.2) is 53.5 Å². The Balaban J connectivity index is 1.87. The van der Waals surface area contributed by atoms with E-state index in [2.05, 4.69) is 11.8 Å². The Hall–Kier alpha value is -1.55. The number of hydrogen-bond donors (Lipinski definition) is 1. The van der Waals surface area contributed by atoms with Crippen LogP contribution in [0.15, 0.2) is 24.3 Å². The summed E-state index contributed by atoms with van der Waals surface area (Å²) in [7, 11) is 0. The van der Waals surface area contributed by atoms with Gasteiger partial charge in [-0.2, -0.15) is 0 Å². The first-order valence-corrected chi connectivity index (χ1v) is 6.47. The second-order valence-corrected chi connectivity index (χ2v) is 4.66. The van der Waals surface area contributed by atoms with E-state index < -0.39 is 0 Å². The predicted octanol–water partition coefficient (Wildman–Crippen LogP) is 1.10. The SMILES string of the molecule is CCN1CCN(C(=O)Cc2ccc(O)cc2)CC1. The molecule has 18 heavy (non-hydrogen) atoms. The number of aromatic hydroxyl groups is 1. The molecule has 1 aromatic rings. The molecule has 0 aromatic heterocycles. The van der Waals surface area contributed by atoms with Crippen molar-refractivity contribution in [1.29, 1.82) is 0 Å². The number of likely N-dealkylation sites (N-methyl/N-ethyl adjacent to an activating group) is 1. The molecule has 1 fully saturated rings. The van der Waals surface area contributed by atoms with Crippen molar-refractivity contribution in [2.45, 2.75) is 13.3 Å². The topological polar surface area (TPSA) is 43.8 Å². The number of carbonyl (C=O) groups is 1. The Morgan fingerprint density at radius 3 is 2.33 bits per heavy atom.